The third-order valence-electron chi connectivity index (χ3n) is 2.64. The fraction of sp³-hybridized carbons (Fsp3) is 0.308. The second kappa shape index (κ2) is 6.68. The van der Waals surface area contributed by atoms with Crippen molar-refractivity contribution in [1.82, 2.24) is 10.3 Å². The monoisotopic (exact) mass is 326 g/mol. The van der Waals surface area contributed by atoms with Gasteiger partial charge in [-0.3, -0.25) is 4.79 Å². The van der Waals surface area contributed by atoms with Crippen LogP contribution in [0.1, 0.15) is 30.0 Å². The number of carboxylic acid groups (broad SMARTS) is 1. The van der Waals surface area contributed by atoms with Gasteiger partial charge in [0.05, 0.1) is 12.1 Å². The first-order chi connectivity index (χ1) is 10.0. The lowest BCUT2D eigenvalue weighted by Gasteiger charge is -2.04. The average molecular weight is 326 g/mol. The zero-order valence-electron chi connectivity index (χ0n) is 11.5. The van der Waals surface area contributed by atoms with Crippen LogP contribution in [0.4, 0.5) is 0 Å². The standard InChI is InChI=1S/C13H14N2O4S2/c1-7-5-9(19-2)11(21-7)12(16)14-4-3-10-15-8(6-20-10)13(17)18/h5-6H,3-4H2,1-2H3,(H,14,16)(H,17,18). The maximum atomic E-state index is 12.0. The number of nitrogens with zero attached hydrogens (tertiary/aromatic N) is 1. The second-order valence-corrected chi connectivity index (χ2v) is 6.39. The zero-order chi connectivity index (χ0) is 15.4. The summed E-state index contributed by atoms with van der Waals surface area (Å²) >= 11 is 2.65. The van der Waals surface area contributed by atoms with Gasteiger partial charge in [-0.1, -0.05) is 0 Å². The molecular formula is C13H14N2O4S2. The van der Waals surface area contributed by atoms with Crippen molar-refractivity contribution in [2.75, 3.05) is 13.7 Å². The van der Waals surface area contributed by atoms with Gasteiger partial charge in [-0.15, -0.1) is 22.7 Å². The van der Waals surface area contributed by atoms with Gasteiger partial charge in [-0.05, 0) is 13.0 Å². The molecule has 0 spiro atoms. The van der Waals surface area contributed by atoms with Crippen molar-refractivity contribution in [3.05, 3.63) is 31.9 Å². The number of ether oxygens (including phenoxy) is 1. The number of carbonyl (C=O) groups excluding carboxylic acids is 1. The molecule has 0 bridgehead atoms. The number of aromatic carboxylic acids is 1. The third-order valence-corrected chi connectivity index (χ3v) is 4.58. The molecule has 0 saturated heterocycles. The summed E-state index contributed by atoms with van der Waals surface area (Å²) in [4.78, 5) is 28.3. The summed E-state index contributed by atoms with van der Waals surface area (Å²) in [6.07, 6.45) is 0.496. The van der Waals surface area contributed by atoms with Gasteiger partial charge in [0, 0.05) is 23.2 Å². The van der Waals surface area contributed by atoms with Crippen molar-refractivity contribution in [3.8, 4) is 5.75 Å². The number of thiophene rings is 1. The molecule has 0 atom stereocenters. The molecule has 0 aliphatic carbocycles. The summed E-state index contributed by atoms with van der Waals surface area (Å²) in [6, 6.07) is 1.82. The topological polar surface area (TPSA) is 88.5 Å². The lowest BCUT2D eigenvalue weighted by molar-refractivity contribution is 0.0690. The maximum absolute atomic E-state index is 12.0. The van der Waals surface area contributed by atoms with Gasteiger partial charge in [-0.25, -0.2) is 9.78 Å². The predicted molar refractivity (Wildman–Crippen MR) is 80.7 cm³/mol. The summed E-state index contributed by atoms with van der Waals surface area (Å²) in [5.41, 5.74) is 0.0388. The Balaban J connectivity index is 1.90. The molecule has 0 aliphatic rings. The molecule has 2 aromatic rings. The van der Waals surface area contributed by atoms with E-state index >= 15 is 0 Å². The Hall–Kier alpha value is -1.93. The minimum atomic E-state index is -1.04. The van der Waals surface area contributed by atoms with Crippen molar-refractivity contribution in [1.29, 1.82) is 0 Å². The Kier molecular flexibility index (Phi) is 4.92. The molecule has 6 nitrogen and oxygen atoms in total. The van der Waals surface area contributed by atoms with Crippen LogP contribution in [0.25, 0.3) is 0 Å². The van der Waals surface area contributed by atoms with Crippen molar-refractivity contribution < 1.29 is 19.4 Å². The molecule has 0 saturated carbocycles. The van der Waals surface area contributed by atoms with E-state index in [2.05, 4.69) is 10.3 Å². The summed E-state index contributed by atoms with van der Waals surface area (Å²) in [5, 5.41) is 13.7. The molecule has 0 fully saturated rings. The summed E-state index contributed by atoms with van der Waals surface area (Å²) in [7, 11) is 1.53. The number of aromatic nitrogens is 1. The Morgan fingerprint density at radius 2 is 2.24 bits per heavy atom. The van der Waals surface area contributed by atoms with E-state index in [-0.39, 0.29) is 11.6 Å². The molecule has 0 unspecified atom stereocenters. The highest BCUT2D eigenvalue weighted by atomic mass is 32.1. The number of thiazole rings is 1. The quantitative estimate of drug-likeness (QED) is 0.849. The van der Waals surface area contributed by atoms with Gasteiger partial charge in [-0.2, -0.15) is 0 Å². The fourth-order valence-corrected chi connectivity index (χ4v) is 3.36. The molecule has 2 aromatic heterocycles. The Morgan fingerprint density at radius 3 is 2.86 bits per heavy atom. The van der Waals surface area contributed by atoms with Gasteiger partial charge in [0.2, 0.25) is 0 Å². The molecule has 2 N–H and O–H groups in total. The minimum Gasteiger partial charge on any atom is -0.495 e. The summed E-state index contributed by atoms with van der Waals surface area (Å²) in [5.74, 6) is -0.669. The normalized spacial score (nSPS) is 10.4. The zero-order valence-corrected chi connectivity index (χ0v) is 13.1. The van der Waals surface area contributed by atoms with Gasteiger partial charge >= 0.3 is 5.97 Å². The van der Waals surface area contributed by atoms with E-state index in [4.69, 9.17) is 9.84 Å². The van der Waals surface area contributed by atoms with E-state index in [0.717, 1.165) is 4.88 Å². The summed E-state index contributed by atoms with van der Waals surface area (Å²) in [6.45, 7) is 2.30. The molecule has 0 aromatic carbocycles. The largest absolute Gasteiger partial charge is 0.495 e. The van der Waals surface area contributed by atoms with E-state index in [9.17, 15) is 9.59 Å². The second-order valence-electron chi connectivity index (χ2n) is 4.19. The Morgan fingerprint density at radius 1 is 1.48 bits per heavy atom. The van der Waals surface area contributed by atoms with Crippen LogP contribution >= 0.6 is 22.7 Å². The average Bonchev–Trinajstić information content (AvgIpc) is 3.05. The molecule has 1 amide bonds. The highest BCUT2D eigenvalue weighted by Gasteiger charge is 2.15. The molecule has 8 heteroatoms. The lowest BCUT2D eigenvalue weighted by atomic mass is 10.3. The van der Waals surface area contributed by atoms with Crippen LogP contribution in [-0.2, 0) is 6.42 Å². The first-order valence-corrected chi connectivity index (χ1v) is 7.81. The fourth-order valence-electron chi connectivity index (χ4n) is 1.69. The number of nitrogens with one attached hydrogen (secondary N) is 1. The van der Waals surface area contributed by atoms with E-state index in [1.165, 1.54) is 35.2 Å². The third kappa shape index (κ3) is 3.79. The van der Waals surface area contributed by atoms with Crippen molar-refractivity contribution in [3.63, 3.8) is 0 Å². The van der Waals surface area contributed by atoms with Crippen molar-refractivity contribution in [2.24, 2.45) is 0 Å². The molecular weight excluding hydrogens is 312 g/mol. The summed E-state index contributed by atoms with van der Waals surface area (Å²) < 4.78 is 5.16. The van der Waals surface area contributed by atoms with Gasteiger partial charge in [0.1, 0.15) is 10.6 Å². The highest BCUT2D eigenvalue weighted by molar-refractivity contribution is 7.14. The van der Waals surface area contributed by atoms with E-state index in [1.54, 1.807) is 0 Å². The van der Waals surface area contributed by atoms with Crippen LogP contribution in [0.2, 0.25) is 0 Å². The number of rotatable bonds is 6. The number of aryl methyl sites for hydroxylation is 1. The van der Waals surface area contributed by atoms with Crippen LogP contribution < -0.4 is 10.1 Å². The lowest BCUT2D eigenvalue weighted by Crippen LogP contribution is -2.25. The minimum absolute atomic E-state index is 0.0388. The number of carbonyl (C=O) groups is 2. The maximum Gasteiger partial charge on any atom is 0.355 e. The number of hydrogen-bond acceptors (Lipinski definition) is 6. The van der Waals surface area contributed by atoms with Crippen LogP contribution in [0.5, 0.6) is 5.75 Å². The molecule has 2 rings (SSSR count). The Labute approximate surface area is 129 Å². The smallest absolute Gasteiger partial charge is 0.355 e. The van der Waals surface area contributed by atoms with Crippen molar-refractivity contribution in [2.45, 2.75) is 13.3 Å². The number of amides is 1. The predicted octanol–water partition coefficient (Wildman–Crippen LogP) is 2.19. The van der Waals surface area contributed by atoms with E-state index < -0.39 is 5.97 Å². The molecule has 112 valence electrons. The van der Waals surface area contributed by atoms with Crippen LogP contribution in [0.3, 0.4) is 0 Å². The van der Waals surface area contributed by atoms with E-state index in [0.29, 0.717) is 28.6 Å². The first kappa shape index (κ1) is 15.5. The van der Waals surface area contributed by atoms with Crippen LogP contribution in [-0.4, -0.2) is 35.6 Å². The van der Waals surface area contributed by atoms with Crippen LogP contribution in [0, 0.1) is 6.92 Å². The molecule has 2 heterocycles. The van der Waals surface area contributed by atoms with Gasteiger partial charge < -0.3 is 15.2 Å². The SMILES string of the molecule is COc1cc(C)sc1C(=O)NCCc1nc(C(=O)O)cs1. The first-order valence-electron chi connectivity index (χ1n) is 6.11. The molecule has 21 heavy (non-hydrogen) atoms. The number of methoxy groups -OCH3 is 1. The van der Waals surface area contributed by atoms with Gasteiger partial charge in [0.15, 0.2) is 5.69 Å². The van der Waals surface area contributed by atoms with E-state index in [1.807, 2.05) is 13.0 Å². The highest BCUT2D eigenvalue weighted by Crippen LogP contribution is 2.28. The number of hydrogen-bond donors (Lipinski definition) is 2. The van der Waals surface area contributed by atoms with Crippen LogP contribution in [0.15, 0.2) is 11.4 Å². The van der Waals surface area contributed by atoms with Gasteiger partial charge in [0.25, 0.3) is 5.91 Å². The number of carboxylic acids is 1. The molecule has 0 radical (unpaired) electrons. The molecule has 0 aliphatic heterocycles. The Bertz CT molecular complexity index is 663. The van der Waals surface area contributed by atoms with Crippen molar-refractivity contribution >= 4 is 34.6 Å².